The first-order chi connectivity index (χ1) is 18.6. The number of hydrogen-bond acceptors (Lipinski definition) is 6. The molecule has 0 spiro atoms. The highest BCUT2D eigenvalue weighted by Crippen LogP contribution is 2.26. The highest BCUT2D eigenvalue weighted by atomic mass is 35.5. The first kappa shape index (κ1) is 28.7. The van der Waals surface area contributed by atoms with Gasteiger partial charge in [0.2, 0.25) is 5.91 Å². The van der Waals surface area contributed by atoms with E-state index < -0.39 is 0 Å². The normalized spacial score (nSPS) is 15.8. The van der Waals surface area contributed by atoms with Crippen molar-refractivity contribution in [1.29, 1.82) is 0 Å². The number of carbonyl (C=O) groups excluding carboxylic acids is 2. The number of benzene rings is 2. The summed E-state index contributed by atoms with van der Waals surface area (Å²) in [5.41, 5.74) is 1.72. The Morgan fingerprint density at radius 3 is 2.21 bits per heavy atom. The lowest BCUT2D eigenvalue weighted by molar-refractivity contribution is -0.119. The molecular formula is C29H35ClN6O2S. The number of rotatable bonds is 7. The maximum absolute atomic E-state index is 13.0. The fourth-order valence-electron chi connectivity index (χ4n) is 4.45. The Labute approximate surface area is 239 Å². The second-order valence-corrected chi connectivity index (χ2v) is 11.9. The topological polar surface area (TPSA) is 90.5 Å². The Hall–Kier alpha value is -3.30. The summed E-state index contributed by atoms with van der Waals surface area (Å²) in [7, 11) is 0. The van der Waals surface area contributed by atoms with Crippen molar-refractivity contribution in [1.82, 2.24) is 25.5 Å². The minimum atomic E-state index is -0.297. The van der Waals surface area contributed by atoms with Crippen molar-refractivity contribution in [2.45, 2.75) is 50.5 Å². The lowest BCUT2D eigenvalue weighted by Crippen LogP contribution is -2.59. The Balaban J connectivity index is 1.39. The number of nitrogens with one attached hydrogen (secondary N) is 2. The van der Waals surface area contributed by atoms with E-state index in [1.807, 2.05) is 93.3 Å². The van der Waals surface area contributed by atoms with Gasteiger partial charge in [0.05, 0.1) is 11.8 Å². The summed E-state index contributed by atoms with van der Waals surface area (Å²) in [5, 5.41) is 6.93. The average Bonchev–Trinajstić information content (AvgIpc) is 2.90. The lowest BCUT2D eigenvalue weighted by atomic mass is 9.99. The smallest absolute Gasteiger partial charge is 0.318 e. The van der Waals surface area contributed by atoms with Crippen molar-refractivity contribution < 1.29 is 9.59 Å². The molecule has 0 aliphatic carbocycles. The van der Waals surface area contributed by atoms with Gasteiger partial charge in [-0.2, -0.15) is 0 Å². The number of thioether (sulfide) groups is 1. The van der Waals surface area contributed by atoms with E-state index in [1.165, 1.54) is 11.8 Å². The lowest BCUT2D eigenvalue weighted by Gasteiger charge is -2.41. The Kier molecular flexibility index (Phi) is 9.35. The van der Waals surface area contributed by atoms with E-state index in [0.717, 1.165) is 11.1 Å². The summed E-state index contributed by atoms with van der Waals surface area (Å²) in [4.78, 5) is 38.7. The summed E-state index contributed by atoms with van der Waals surface area (Å²) in [5.74, 6) is 0.703. The van der Waals surface area contributed by atoms with Gasteiger partial charge in [0.25, 0.3) is 0 Å². The van der Waals surface area contributed by atoms with Gasteiger partial charge in [0.1, 0.15) is 11.0 Å². The predicted octanol–water partition coefficient (Wildman–Crippen LogP) is 5.15. The van der Waals surface area contributed by atoms with Crippen LogP contribution >= 0.6 is 23.4 Å². The van der Waals surface area contributed by atoms with Crippen molar-refractivity contribution in [3.63, 3.8) is 0 Å². The molecule has 39 heavy (non-hydrogen) atoms. The number of halogens is 1. The number of urea groups is 1. The van der Waals surface area contributed by atoms with E-state index in [-0.39, 0.29) is 35.3 Å². The van der Waals surface area contributed by atoms with Crippen LogP contribution in [-0.4, -0.2) is 63.8 Å². The van der Waals surface area contributed by atoms with Gasteiger partial charge >= 0.3 is 6.03 Å². The summed E-state index contributed by atoms with van der Waals surface area (Å²) < 4.78 is 0. The van der Waals surface area contributed by atoms with Crippen LogP contribution in [0.15, 0.2) is 71.9 Å². The Bertz CT molecular complexity index is 1230. The van der Waals surface area contributed by atoms with Crippen molar-refractivity contribution in [3.8, 4) is 0 Å². The zero-order valence-electron chi connectivity index (χ0n) is 22.7. The van der Waals surface area contributed by atoms with E-state index in [0.29, 0.717) is 35.8 Å². The molecule has 1 unspecified atom stereocenters. The van der Waals surface area contributed by atoms with Gasteiger partial charge in [-0.05, 0) is 38.8 Å². The maximum Gasteiger partial charge on any atom is 0.318 e. The van der Waals surface area contributed by atoms with E-state index in [4.69, 9.17) is 11.6 Å². The predicted molar refractivity (Wildman–Crippen MR) is 157 cm³/mol. The molecule has 8 nitrogen and oxygen atoms in total. The van der Waals surface area contributed by atoms with Gasteiger partial charge < -0.3 is 20.4 Å². The van der Waals surface area contributed by atoms with Gasteiger partial charge in [0.15, 0.2) is 5.16 Å². The molecule has 3 aromatic rings. The van der Waals surface area contributed by atoms with Crippen LogP contribution in [0.2, 0.25) is 5.15 Å². The third-order valence-electron chi connectivity index (χ3n) is 6.26. The largest absolute Gasteiger partial charge is 0.353 e. The quantitative estimate of drug-likeness (QED) is 0.234. The van der Waals surface area contributed by atoms with Gasteiger partial charge in [-0.3, -0.25) is 4.79 Å². The van der Waals surface area contributed by atoms with Crippen molar-refractivity contribution in [2.75, 3.05) is 30.3 Å². The number of aromatic nitrogens is 2. The van der Waals surface area contributed by atoms with Crippen molar-refractivity contribution >= 4 is 41.1 Å². The van der Waals surface area contributed by atoms with E-state index in [2.05, 4.69) is 25.5 Å². The molecule has 4 rings (SSSR count). The fraction of sp³-hybridized carbons (Fsp3) is 0.379. The molecule has 0 saturated carbocycles. The molecule has 1 aliphatic heterocycles. The first-order valence-corrected chi connectivity index (χ1v) is 14.4. The molecule has 1 aliphatic rings. The molecule has 2 N–H and O–H groups in total. The van der Waals surface area contributed by atoms with Gasteiger partial charge in [0, 0.05) is 37.3 Å². The molecule has 1 atom stereocenters. The molecule has 0 bridgehead atoms. The average molecular weight is 567 g/mol. The van der Waals surface area contributed by atoms with E-state index >= 15 is 0 Å². The van der Waals surface area contributed by atoms with Crippen LogP contribution in [-0.2, 0) is 4.79 Å². The summed E-state index contributed by atoms with van der Waals surface area (Å²) in [6, 6.07) is 21.2. The highest BCUT2D eigenvalue weighted by molar-refractivity contribution is 7.99. The summed E-state index contributed by atoms with van der Waals surface area (Å²) >= 11 is 7.60. The van der Waals surface area contributed by atoms with Crippen molar-refractivity contribution in [2.24, 2.45) is 0 Å². The molecule has 1 fully saturated rings. The molecule has 1 saturated heterocycles. The van der Waals surface area contributed by atoms with Crippen LogP contribution < -0.4 is 15.5 Å². The first-order valence-electron chi connectivity index (χ1n) is 13.0. The Morgan fingerprint density at radius 2 is 1.64 bits per heavy atom. The maximum atomic E-state index is 13.0. The number of anilines is 1. The highest BCUT2D eigenvalue weighted by Gasteiger charge is 2.30. The van der Waals surface area contributed by atoms with Crippen LogP contribution in [0.5, 0.6) is 0 Å². The SMILES string of the molecule is CC1CN(c2cc(Cl)nc(SCC(=O)NC(c3ccccc3)c3ccccc3)n2)CCN1C(=O)NC(C)(C)C. The second kappa shape index (κ2) is 12.7. The van der Waals surface area contributed by atoms with Crippen LogP contribution in [0, 0.1) is 0 Å². The van der Waals surface area contributed by atoms with E-state index in [9.17, 15) is 9.59 Å². The van der Waals surface area contributed by atoms with Crippen LogP contribution in [0.25, 0.3) is 0 Å². The zero-order valence-corrected chi connectivity index (χ0v) is 24.3. The molecule has 3 amide bonds. The number of piperazine rings is 1. The van der Waals surface area contributed by atoms with Crippen molar-refractivity contribution in [3.05, 3.63) is 83.0 Å². The minimum Gasteiger partial charge on any atom is -0.353 e. The molecule has 0 radical (unpaired) electrons. The number of amides is 3. The number of carbonyl (C=O) groups is 2. The van der Waals surface area contributed by atoms with Gasteiger partial charge in [-0.15, -0.1) is 0 Å². The zero-order chi connectivity index (χ0) is 28.0. The van der Waals surface area contributed by atoms with Crippen LogP contribution in [0.3, 0.4) is 0 Å². The molecule has 2 aromatic carbocycles. The molecule has 2 heterocycles. The molecular weight excluding hydrogens is 532 g/mol. The Morgan fingerprint density at radius 1 is 1.03 bits per heavy atom. The number of hydrogen-bond donors (Lipinski definition) is 2. The monoisotopic (exact) mass is 566 g/mol. The van der Waals surface area contributed by atoms with Gasteiger partial charge in [-0.1, -0.05) is 84.0 Å². The van der Waals surface area contributed by atoms with Gasteiger partial charge in [-0.25, -0.2) is 14.8 Å². The third-order valence-corrected chi connectivity index (χ3v) is 7.30. The van der Waals surface area contributed by atoms with E-state index in [1.54, 1.807) is 6.07 Å². The van der Waals surface area contributed by atoms with Crippen LogP contribution in [0.4, 0.5) is 10.6 Å². The molecule has 10 heteroatoms. The third kappa shape index (κ3) is 8.10. The molecule has 1 aromatic heterocycles. The fourth-order valence-corrected chi connectivity index (χ4v) is 5.35. The summed E-state index contributed by atoms with van der Waals surface area (Å²) in [6.07, 6.45) is 0. The number of nitrogens with zero attached hydrogens (tertiary/aromatic N) is 4. The van der Waals surface area contributed by atoms with Crippen LogP contribution in [0.1, 0.15) is 44.9 Å². The second-order valence-electron chi connectivity index (χ2n) is 10.6. The molecule has 206 valence electrons. The standard InChI is InChI=1S/C29H35ClN6O2S/c1-20-18-35(15-16-36(20)28(38)34-29(2,3)4)24-17-23(30)31-27(32-24)39-19-25(37)33-26(21-11-7-5-8-12-21)22-13-9-6-10-14-22/h5-14,17,20,26H,15-16,18-19H2,1-4H3,(H,33,37)(H,34,38). The minimum absolute atomic E-state index is 0.00960. The summed E-state index contributed by atoms with van der Waals surface area (Å²) in [6.45, 7) is 9.73.